The van der Waals surface area contributed by atoms with Crippen molar-refractivity contribution in [1.82, 2.24) is 0 Å². The van der Waals surface area contributed by atoms with Gasteiger partial charge in [-0.1, -0.05) is 80.3 Å². The van der Waals surface area contributed by atoms with Gasteiger partial charge in [-0.3, -0.25) is 4.79 Å². The zero-order valence-corrected chi connectivity index (χ0v) is 19.8. The first-order chi connectivity index (χ1) is 13.5. The number of hydrogen-bond donors (Lipinski definition) is 2. The Morgan fingerprint density at radius 1 is 0.893 bits per heavy atom. The fourth-order valence-corrected chi connectivity index (χ4v) is 1.49. The molecule has 0 amide bonds. The van der Waals surface area contributed by atoms with E-state index in [0.29, 0.717) is 24.3 Å². The molecular formula is C21H27Cl2NbO4-. The van der Waals surface area contributed by atoms with E-state index >= 15 is 0 Å². The molecule has 0 aliphatic heterocycles. The fourth-order valence-electron chi connectivity index (χ4n) is 1.49. The molecule has 0 spiro atoms. The molecule has 0 bridgehead atoms. The van der Waals surface area contributed by atoms with E-state index in [9.17, 15) is 9.90 Å². The van der Waals surface area contributed by atoms with Gasteiger partial charge in [0.2, 0.25) is 0 Å². The Bertz CT molecular complexity index is 615. The minimum absolute atomic E-state index is 0.264. The third-order valence-corrected chi connectivity index (χ3v) is 2.83. The van der Waals surface area contributed by atoms with Crippen LogP contribution >= 0.6 is 18.4 Å². The van der Waals surface area contributed by atoms with Gasteiger partial charge in [0, 0.05) is 18.8 Å². The van der Waals surface area contributed by atoms with Crippen molar-refractivity contribution in [3.8, 4) is 0 Å². The van der Waals surface area contributed by atoms with E-state index in [2.05, 4.69) is 0 Å². The summed E-state index contributed by atoms with van der Waals surface area (Å²) in [5.41, 5.74) is 1.05. The summed E-state index contributed by atoms with van der Waals surface area (Å²) >= 11 is -0.706. The molecule has 2 N–H and O–H groups in total. The maximum absolute atomic E-state index is 11.8. The van der Waals surface area contributed by atoms with Crippen LogP contribution in [0.25, 0.3) is 5.76 Å². The molecule has 0 aliphatic rings. The molecule has 4 nitrogen and oxygen atoms in total. The number of halogens is 2. The van der Waals surface area contributed by atoms with Crippen molar-refractivity contribution in [2.24, 2.45) is 0 Å². The van der Waals surface area contributed by atoms with Crippen LogP contribution in [0.4, 0.5) is 0 Å². The van der Waals surface area contributed by atoms with Crippen LogP contribution in [0.2, 0.25) is 0 Å². The van der Waals surface area contributed by atoms with Gasteiger partial charge in [0.1, 0.15) is 0 Å². The van der Waals surface area contributed by atoms with Crippen molar-refractivity contribution < 1.29 is 37.7 Å². The van der Waals surface area contributed by atoms with Crippen LogP contribution < -0.4 is 5.11 Å². The number of carbonyl (C=O) groups excluding carboxylic acids is 1. The fraction of sp³-hybridized carbons (Fsp3) is 0.286. The van der Waals surface area contributed by atoms with Crippen LogP contribution in [0.5, 0.6) is 0 Å². The average Bonchev–Trinajstić information content (AvgIpc) is 2.75. The topological polar surface area (TPSA) is 80.6 Å². The van der Waals surface area contributed by atoms with E-state index in [1.165, 1.54) is 0 Å². The summed E-state index contributed by atoms with van der Waals surface area (Å²) in [6.45, 7) is 4.50. The molecule has 0 aliphatic carbocycles. The maximum atomic E-state index is 11.8. The van der Waals surface area contributed by atoms with E-state index in [1.807, 2.05) is 26.0 Å². The number of aliphatic hydroxyl groups is 2. The molecule has 0 saturated heterocycles. The molecule has 28 heavy (non-hydrogen) atoms. The number of carbonyl (C=O) groups is 1. The van der Waals surface area contributed by atoms with Crippen molar-refractivity contribution in [3.05, 3.63) is 77.9 Å². The van der Waals surface area contributed by atoms with Crippen LogP contribution in [0, 0.1) is 0 Å². The summed E-state index contributed by atoms with van der Waals surface area (Å²) in [6.07, 6.45) is 2.88. The summed E-state index contributed by atoms with van der Waals surface area (Å²) < 4.78 is 0. The molecule has 155 valence electrons. The number of allylic oxidation sites excluding steroid dienone is 1. The number of benzene rings is 2. The molecular weight excluding hydrogens is 480 g/mol. The van der Waals surface area contributed by atoms with E-state index in [0.717, 1.165) is 18.9 Å². The van der Waals surface area contributed by atoms with Gasteiger partial charge in [0.15, 0.2) is 5.78 Å². The van der Waals surface area contributed by atoms with Crippen molar-refractivity contribution in [1.29, 1.82) is 0 Å². The first kappa shape index (κ1) is 29.1. The molecule has 0 aromatic heterocycles. The molecule has 0 radical (unpaired) electrons. The third-order valence-electron chi connectivity index (χ3n) is 2.83. The van der Waals surface area contributed by atoms with Gasteiger partial charge in [-0.15, -0.1) is 0 Å². The van der Waals surface area contributed by atoms with Gasteiger partial charge >= 0.3 is 36.0 Å². The number of ketones is 1. The van der Waals surface area contributed by atoms with E-state index in [4.69, 9.17) is 28.6 Å². The monoisotopic (exact) mass is 506 g/mol. The Morgan fingerprint density at radius 2 is 1.21 bits per heavy atom. The Morgan fingerprint density at radius 3 is 1.54 bits per heavy atom. The van der Waals surface area contributed by atoms with E-state index in [1.54, 1.807) is 48.5 Å². The Hall–Kier alpha value is -1.11. The van der Waals surface area contributed by atoms with Crippen molar-refractivity contribution in [2.45, 2.75) is 26.7 Å². The average molecular weight is 507 g/mol. The SMILES string of the molecule is CCCO.CCCO.O=C(/C=C(\[O-])c1ccccc1)c1ccccc1.[Cl][Nb][Cl]. The molecule has 0 saturated carbocycles. The Labute approximate surface area is 184 Å². The van der Waals surface area contributed by atoms with Crippen LogP contribution in [0.15, 0.2) is 66.7 Å². The molecule has 2 aromatic carbocycles. The van der Waals surface area contributed by atoms with Crippen molar-refractivity contribution >= 4 is 29.9 Å². The van der Waals surface area contributed by atoms with Crippen LogP contribution in [0.1, 0.15) is 42.6 Å². The van der Waals surface area contributed by atoms with Crippen molar-refractivity contribution in [3.63, 3.8) is 0 Å². The predicted octanol–water partition coefficient (Wildman–Crippen LogP) is 4.42. The molecule has 0 atom stereocenters. The van der Waals surface area contributed by atoms with Gasteiger partial charge in [-0.05, 0) is 24.5 Å². The number of rotatable bonds is 5. The Kier molecular flexibility index (Phi) is 23.0. The first-order valence-corrected chi connectivity index (χ1v) is 14.4. The van der Waals surface area contributed by atoms with Gasteiger partial charge in [0.25, 0.3) is 0 Å². The summed E-state index contributed by atoms with van der Waals surface area (Å²) in [7, 11) is 9.83. The van der Waals surface area contributed by atoms with Crippen molar-refractivity contribution in [2.75, 3.05) is 13.2 Å². The number of aliphatic hydroxyl groups excluding tert-OH is 2. The van der Waals surface area contributed by atoms with Gasteiger partial charge < -0.3 is 15.3 Å². The van der Waals surface area contributed by atoms with E-state index < -0.39 is 17.6 Å². The van der Waals surface area contributed by atoms with Gasteiger partial charge in [-0.25, -0.2) is 0 Å². The second kappa shape index (κ2) is 22.2. The molecule has 0 heterocycles. The standard InChI is InChI=1S/C15H12O2.2C3H8O.2ClH.Nb/c16-14(12-7-3-1-4-8-12)11-15(17)13-9-5-2-6-10-13;2*1-2-3-4;;;/h1-11,16H;2*4H,2-3H2,1H3;2*1H;/q;;;;;+2/p-3/b14-11-;;;;;. The molecule has 2 rings (SSSR count). The summed E-state index contributed by atoms with van der Waals surface area (Å²) in [6, 6.07) is 17.5. The molecule has 2 aromatic rings. The van der Waals surface area contributed by atoms with Crippen LogP contribution in [-0.4, -0.2) is 29.2 Å². The van der Waals surface area contributed by atoms with Crippen LogP contribution in [0.3, 0.4) is 0 Å². The molecule has 7 heteroatoms. The predicted molar refractivity (Wildman–Crippen MR) is 112 cm³/mol. The first-order valence-electron chi connectivity index (χ1n) is 8.69. The molecule has 0 fully saturated rings. The summed E-state index contributed by atoms with van der Waals surface area (Å²) in [4.78, 5) is 11.8. The summed E-state index contributed by atoms with van der Waals surface area (Å²) in [5, 5.41) is 27.5. The summed E-state index contributed by atoms with van der Waals surface area (Å²) in [5.74, 6) is -0.529. The second-order valence-electron chi connectivity index (χ2n) is 5.12. The molecule has 0 unspecified atom stereocenters. The quantitative estimate of drug-likeness (QED) is 0.272. The Balaban J connectivity index is 0. The van der Waals surface area contributed by atoms with Gasteiger partial charge in [-0.2, -0.15) is 0 Å². The zero-order valence-electron chi connectivity index (χ0n) is 16.1. The van der Waals surface area contributed by atoms with Gasteiger partial charge in [0.05, 0.1) is 0 Å². The second-order valence-corrected chi connectivity index (χ2v) is 8.45. The normalized spacial score (nSPS) is 9.43. The van der Waals surface area contributed by atoms with E-state index in [-0.39, 0.29) is 11.5 Å². The zero-order chi connectivity index (χ0) is 21.6. The minimum atomic E-state index is -0.706. The van der Waals surface area contributed by atoms with Crippen LogP contribution in [-0.2, 0) is 17.6 Å². The number of hydrogen-bond acceptors (Lipinski definition) is 4. The third kappa shape index (κ3) is 17.0.